The maximum absolute atomic E-state index is 5.68. The Balaban J connectivity index is 2.30. The molecule has 0 heterocycles. The van der Waals surface area contributed by atoms with Crippen molar-refractivity contribution in [3.8, 4) is 5.75 Å². The molecule has 0 amide bonds. The van der Waals surface area contributed by atoms with Crippen LogP contribution in [0.3, 0.4) is 0 Å². The van der Waals surface area contributed by atoms with Crippen LogP contribution in [0.15, 0.2) is 60.6 Å². The van der Waals surface area contributed by atoms with Crippen LogP contribution in [0.5, 0.6) is 5.75 Å². The summed E-state index contributed by atoms with van der Waals surface area (Å²) in [7, 11) is 1.64. The molecular formula is C21H30O5. The van der Waals surface area contributed by atoms with E-state index in [1.807, 2.05) is 44.2 Å². The zero-order chi connectivity index (χ0) is 19.0. The van der Waals surface area contributed by atoms with E-state index in [0.29, 0.717) is 51.2 Å². The minimum Gasteiger partial charge on any atom is -0.491 e. The minimum atomic E-state index is 0.419. The molecule has 5 heteroatoms. The van der Waals surface area contributed by atoms with E-state index in [4.69, 9.17) is 23.7 Å². The summed E-state index contributed by atoms with van der Waals surface area (Å²) in [5.74, 6) is 2.16. The fourth-order valence-electron chi connectivity index (χ4n) is 1.92. The van der Waals surface area contributed by atoms with E-state index in [2.05, 4.69) is 6.58 Å². The Hall–Kier alpha value is -2.24. The molecule has 0 aliphatic rings. The second kappa shape index (κ2) is 14.0. The Morgan fingerprint density at radius 1 is 0.923 bits per heavy atom. The Bertz CT molecular complexity index is 560. The third kappa shape index (κ3) is 9.91. The second-order valence-electron chi connectivity index (χ2n) is 5.41. The van der Waals surface area contributed by atoms with E-state index < -0.39 is 0 Å². The molecule has 0 aliphatic heterocycles. The lowest BCUT2D eigenvalue weighted by Gasteiger charge is -2.11. The first-order valence-electron chi connectivity index (χ1n) is 8.71. The molecule has 1 aromatic carbocycles. The molecule has 0 unspecified atom stereocenters. The van der Waals surface area contributed by atoms with Gasteiger partial charge in [0.15, 0.2) is 0 Å². The van der Waals surface area contributed by atoms with Crippen molar-refractivity contribution in [2.24, 2.45) is 0 Å². The van der Waals surface area contributed by atoms with Crippen LogP contribution in [0.1, 0.15) is 12.5 Å². The van der Waals surface area contributed by atoms with Gasteiger partial charge in [0.25, 0.3) is 0 Å². The van der Waals surface area contributed by atoms with E-state index in [-0.39, 0.29) is 0 Å². The number of rotatable bonds is 14. The quantitative estimate of drug-likeness (QED) is 0.284. The van der Waals surface area contributed by atoms with Crippen LogP contribution in [-0.2, 0) is 18.9 Å². The van der Waals surface area contributed by atoms with Gasteiger partial charge in [0, 0.05) is 13.2 Å². The average molecular weight is 362 g/mol. The van der Waals surface area contributed by atoms with Crippen LogP contribution < -0.4 is 4.74 Å². The van der Waals surface area contributed by atoms with Crippen LogP contribution >= 0.6 is 0 Å². The van der Waals surface area contributed by atoms with Gasteiger partial charge in [-0.3, -0.25) is 0 Å². The highest BCUT2D eigenvalue weighted by Gasteiger charge is 2.00. The van der Waals surface area contributed by atoms with Crippen LogP contribution in [-0.4, -0.2) is 46.8 Å². The topological polar surface area (TPSA) is 46.2 Å². The van der Waals surface area contributed by atoms with Crippen LogP contribution in [0.25, 0.3) is 0 Å². The lowest BCUT2D eigenvalue weighted by atomic mass is 10.2. The molecule has 1 rings (SSSR count). The predicted octanol–water partition coefficient (Wildman–Crippen LogP) is 4.04. The molecule has 0 aliphatic carbocycles. The number of methoxy groups -OCH3 is 1. The number of aryl methyl sites for hydroxylation is 1. The SMILES string of the molecule is C=C/C(=C\C(=C/C)OCCOCCOC)OCCOc1ccc(C)cc1. The summed E-state index contributed by atoms with van der Waals surface area (Å²) in [5, 5.41) is 0. The number of allylic oxidation sites excluding steroid dienone is 3. The number of hydrogen-bond acceptors (Lipinski definition) is 5. The van der Waals surface area contributed by atoms with Gasteiger partial charge in [0.1, 0.15) is 37.1 Å². The van der Waals surface area contributed by atoms with Crippen molar-refractivity contribution in [3.05, 3.63) is 66.2 Å². The number of ether oxygens (including phenoxy) is 5. The third-order valence-corrected chi connectivity index (χ3v) is 3.34. The van der Waals surface area contributed by atoms with Crippen LogP contribution in [0.2, 0.25) is 0 Å². The van der Waals surface area contributed by atoms with E-state index in [9.17, 15) is 0 Å². The highest BCUT2D eigenvalue weighted by molar-refractivity contribution is 5.26. The zero-order valence-electron chi connectivity index (χ0n) is 16.0. The van der Waals surface area contributed by atoms with Gasteiger partial charge in [0.05, 0.1) is 19.8 Å². The van der Waals surface area contributed by atoms with Gasteiger partial charge in [-0.05, 0) is 38.1 Å². The van der Waals surface area contributed by atoms with Crippen molar-refractivity contribution in [1.29, 1.82) is 0 Å². The van der Waals surface area contributed by atoms with Crippen molar-refractivity contribution in [3.63, 3.8) is 0 Å². The van der Waals surface area contributed by atoms with Gasteiger partial charge in [-0.25, -0.2) is 0 Å². The monoisotopic (exact) mass is 362 g/mol. The first kappa shape index (κ1) is 21.8. The molecule has 0 N–H and O–H groups in total. The summed E-state index contributed by atoms with van der Waals surface area (Å²) in [6, 6.07) is 7.92. The van der Waals surface area contributed by atoms with Crippen LogP contribution in [0, 0.1) is 6.92 Å². The smallest absolute Gasteiger partial charge is 0.122 e. The molecular weight excluding hydrogens is 332 g/mol. The molecule has 0 saturated carbocycles. The van der Waals surface area contributed by atoms with Crippen LogP contribution in [0.4, 0.5) is 0 Å². The molecule has 0 fully saturated rings. The summed E-state index contributed by atoms with van der Waals surface area (Å²) >= 11 is 0. The van der Waals surface area contributed by atoms with Gasteiger partial charge < -0.3 is 23.7 Å². The molecule has 0 atom stereocenters. The van der Waals surface area contributed by atoms with Gasteiger partial charge in [-0.1, -0.05) is 24.3 Å². The molecule has 1 aromatic rings. The largest absolute Gasteiger partial charge is 0.491 e. The Morgan fingerprint density at radius 2 is 1.58 bits per heavy atom. The zero-order valence-corrected chi connectivity index (χ0v) is 16.0. The lowest BCUT2D eigenvalue weighted by molar-refractivity contribution is 0.0429. The van der Waals surface area contributed by atoms with Crippen molar-refractivity contribution in [2.45, 2.75) is 13.8 Å². The highest BCUT2D eigenvalue weighted by atomic mass is 16.5. The summed E-state index contributed by atoms with van der Waals surface area (Å²) in [6.45, 7) is 10.7. The summed E-state index contributed by atoms with van der Waals surface area (Å²) in [6.07, 6.45) is 5.31. The standard InChI is InChI=1S/C21H30O5/c1-5-19(24-14-13-23-12-11-22-4)17-20(6-2)25-15-16-26-21-9-7-18(3)8-10-21/h5-10,17H,2,11-16H2,1,3-4H3/b19-5+,20-17+. The van der Waals surface area contributed by atoms with Crippen molar-refractivity contribution < 1.29 is 23.7 Å². The maximum Gasteiger partial charge on any atom is 0.122 e. The Morgan fingerprint density at radius 3 is 2.23 bits per heavy atom. The van der Waals surface area contributed by atoms with E-state index in [1.165, 1.54) is 5.56 Å². The van der Waals surface area contributed by atoms with E-state index in [0.717, 1.165) is 5.75 Å². The average Bonchev–Trinajstić information content (AvgIpc) is 2.66. The molecule has 0 spiro atoms. The molecule has 144 valence electrons. The number of benzene rings is 1. The van der Waals surface area contributed by atoms with E-state index in [1.54, 1.807) is 19.3 Å². The van der Waals surface area contributed by atoms with Crippen molar-refractivity contribution >= 4 is 0 Å². The van der Waals surface area contributed by atoms with Crippen molar-refractivity contribution in [1.82, 2.24) is 0 Å². The predicted molar refractivity (Wildman–Crippen MR) is 103 cm³/mol. The number of hydrogen-bond donors (Lipinski definition) is 0. The van der Waals surface area contributed by atoms with Gasteiger partial charge >= 0.3 is 0 Å². The normalized spacial score (nSPS) is 12.0. The molecule has 0 radical (unpaired) electrons. The molecule has 5 nitrogen and oxygen atoms in total. The van der Waals surface area contributed by atoms with Gasteiger partial charge in [-0.15, -0.1) is 0 Å². The first-order chi connectivity index (χ1) is 12.7. The van der Waals surface area contributed by atoms with Crippen molar-refractivity contribution in [2.75, 3.05) is 46.8 Å². The molecule has 0 saturated heterocycles. The van der Waals surface area contributed by atoms with Gasteiger partial charge in [-0.2, -0.15) is 0 Å². The third-order valence-electron chi connectivity index (χ3n) is 3.34. The lowest BCUT2D eigenvalue weighted by Crippen LogP contribution is -2.08. The second-order valence-corrected chi connectivity index (χ2v) is 5.41. The fourth-order valence-corrected chi connectivity index (χ4v) is 1.92. The Kier molecular flexibility index (Phi) is 11.7. The summed E-state index contributed by atoms with van der Waals surface area (Å²) in [5.41, 5.74) is 1.20. The molecule has 0 bridgehead atoms. The summed E-state index contributed by atoms with van der Waals surface area (Å²) in [4.78, 5) is 0. The first-order valence-corrected chi connectivity index (χ1v) is 8.71. The maximum atomic E-state index is 5.68. The molecule has 0 aromatic heterocycles. The highest BCUT2D eigenvalue weighted by Crippen LogP contribution is 2.12. The van der Waals surface area contributed by atoms with E-state index >= 15 is 0 Å². The fraction of sp³-hybridized carbons (Fsp3) is 0.429. The summed E-state index contributed by atoms with van der Waals surface area (Å²) < 4.78 is 27.2. The Labute approximate surface area is 156 Å². The van der Waals surface area contributed by atoms with Gasteiger partial charge in [0.2, 0.25) is 0 Å². The molecule has 26 heavy (non-hydrogen) atoms. The minimum absolute atomic E-state index is 0.419.